The topological polar surface area (TPSA) is 50.9 Å². The van der Waals surface area contributed by atoms with Crippen LogP contribution in [-0.2, 0) is 6.54 Å². The Morgan fingerprint density at radius 3 is 2.45 bits per heavy atom. The molecule has 0 unspecified atom stereocenters. The zero-order chi connectivity index (χ0) is 13.5. The summed E-state index contributed by atoms with van der Waals surface area (Å²) >= 11 is 0. The smallest absolute Gasteiger partial charge is 0.127 e. The van der Waals surface area contributed by atoms with Crippen molar-refractivity contribution in [3.63, 3.8) is 0 Å². The molecule has 1 aromatic rings. The highest BCUT2D eigenvalue weighted by Gasteiger charge is 2.47. The van der Waals surface area contributed by atoms with Gasteiger partial charge in [-0.05, 0) is 74.3 Å². The van der Waals surface area contributed by atoms with E-state index in [0.29, 0.717) is 5.82 Å². The van der Waals surface area contributed by atoms with Crippen LogP contribution in [0.2, 0.25) is 0 Å². The molecule has 0 atom stereocenters. The molecular formula is C17H25N3. The first-order chi connectivity index (χ1) is 9.79. The van der Waals surface area contributed by atoms with E-state index in [4.69, 9.17) is 5.73 Å². The minimum Gasteiger partial charge on any atom is -0.383 e. The van der Waals surface area contributed by atoms with Gasteiger partial charge in [0, 0.05) is 18.3 Å². The largest absolute Gasteiger partial charge is 0.383 e. The predicted octanol–water partition coefficient (Wildman–Crippen LogP) is 2.83. The standard InChI is InChI=1S/C17H25N3/c18-17-13(2-1-3-20-17)9-19-10-16-14-5-11-4-12(7-14)8-15(16)6-11/h1-3,11-12,14-16,19H,4-10H2,(H2,18,20). The van der Waals surface area contributed by atoms with Crippen LogP contribution < -0.4 is 11.1 Å². The first kappa shape index (κ1) is 12.6. The lowest BCUT2D eigenvalue weighted by molar-refractivity contribution is -0.0355. The van der Waals surface area contributed by atoms with Crippen LogP contribution in [0.5, 0.6) is 0 Å². The van der Waals surface area contributed by atoms with E-state index in [0.717, 1.165) is 41.7 Å². The average molecular weight is 271 g/mol. The fourth-order valence-corrected chi connectivity index (χ4v) is 5.35. The molecule has 0 spiro atoms. The molecule has 3 nitrogen and oxygen atoms in total. The van der Waals surface area contributed by atoms with E-state index in [1.807, 2.05) is 6.07 Å². The van der Waals surface area contributed by atoms with Gasteiger partial charge in [0.2, 0.25) is 0 Å². The zero-order valence-electron chi connectivity index (χ0n) is 12.1. The second-order valence-electron chi connectivity index (χ2n) is 7.27. The highest BCUT2D eigenvalue weighted by atomic mass is 14.9. The third-order valence-corrected chi connectivity index (χ3v) is 6.04. The van der Waals surface area contributed by atoms with Gasteiger partial charge in [-0.2, -0.15) is 0 Å². The number of anilines is 1. The third kappa shape index (κ3) is 2.22. The summed E-state index contributed by atoms with van der Waals surface area (Å²) < 4.78 is 0. The van der Waals surface area contributed by atoms with Crippen molar-refractivity contribution in [2.75, 3.05) is 12.3 Å². The van der Waals surface area contributed by atoms with Crippen LogP contribution in [-0.4, -0.2) is 11.5 Å². The highest BCUT2D eigenvalue weighted by molar-refractivity contribution is 5.38. The van der Waals surface area contributed by atoms with Gasteiger partial charge in [0.25, 0.3) is 0 Å². The number of pyridine rings is 1. The molecule has 0 aromatic carbocycles. The van der Waals surface area contributed by atoms with Crippen LogP contribution in [0.25, 0.3) is 0 Å². The average Bonchev–Trinajstić information content (AvgIpc) is 2.43. The molecule has 1 heterocycles. The lowest BCUT2D eigenvalue weighted by Crippen LogP contribution is -2.48. The summed E-state index contributed by atoms with van der Waals surface area (Å²) in [7, 11) is 0. The summed E-state index contributed by atoms with van der Waals surface area (Å²) in [6.45, 7) is 2.03. The Morgan fingerprint density at radius 1 is 1.10 bits per heavy atom. The van der Waals surface area contributed by atoms with Gasteiger partial charge in [0.1, 0.15) is 5.82 Å². The van der Waals surface area contributed by atoms with Gasteiger partial charge in [-0.3, -0.25) is 0 Å². The van der Waals surface area contributed by atoms with Crippen molar-refractivity contribution in [3.8, 4) is 0 Å². The molecule has 4 saturated carbocycles. The maximum atomic E-state index is 5.90. The van der Waals surface area contributed by atoms with Gasteiger partial charge in [-0.1, -0.05) is 6.07 Å². The Morgan fingerprint density at radius 2 is 1.80 bits per heavy atom. The maximum Gasteiger partial charge on any atom is 0.127 e. The molecule has 3 heteroatoms. The second-order valence-corrected chi connectivity index (χ2v) is 7.27. The number of nitrogens with two attached hydrogens (primary N) is 1. The second kappa shape index (κ2) is 5.03. The Bertz CT molecular complexity index is 457. The number of nitrogens with zero attached hydrogens (tertiary/aromatic N) is 1. The van der Waals surface area contributed by atoms with Crippen LogP contribution in [0.3, 0.4) is 0 Å². The number of nitrogens with one attached hydrogen (secondary N) is 1. The van der Waals surface area contributed by atoms with Crippen molar-refractivity contribution < 1.29 is 0 Å². The fraction of sp³-hybridized carbons (Fsp3) is 0.706. The zero-order valence-corrected chi connectivity index (χ0v) is 12.1. The predicted molar refractivity (Wildman–Crippen MR) is 80.9 cm³/mol. The Balaban J connectivity index is 1.35. The van der Waals surface area contributed by atoms with E-state index < -0.39 is 0 Å². The molecule has 0 aliphatic heterocycles. The van der Waals surface area contributed by atoms with Crippen LogP contribution in [0.1, 0.15) is 37.7 Å². The molecule has 1 aromatic heterocycles. The van der Waals surface area contributed by atoms with Crippen LogP contribution >= 0.6 is 0 Å². The highest BCUT2D eigenvalue weighted by Crippen LogP contribution is 2.56. The van der Waals surface area contributed by atoms with E-state index in [1.165, 1.54) is 32.2 Å². The van der Waals surface area contributed by atoms with E-state index in [1.54, 1.807) is 12.6 Å². The molecule has 4 aliphatic rings. The van der Waals surface area contributed by atoms with Gasteiger partial charge in [0.05, 0.1) is 0 Å². The molecule has 0 saturated heterocycles. The molecule has 108 valence electrons. The van der Waals surface area contributed by atoms with Crippen molar-refractivity contribution in [1.29, 1.82) is 0 Å². The number of nitrogen functional groups attached to an aromatic ring is 1. The van der Waals surface area contributed by atoms with E-state index in [9.17, 15) is 0 Å². The molecule has 3 N–H and O–H groups in total. The molecular weight excluding hydrogens is 246 g/mol. The van der Waals surface area contributed by atoms with Gasteiger partial charge < -0.3 is 11.1 Å². The first-order valence-electron chi connectivity index (χ1n) is 8.19. The molecule has 4 bridgehead atoms. The van der Waals surface area contributed by atoms with Crippen molar-refractivity contribution in [3.05, 3.63) is 23.9 Å². The number of rotatable bonds is 4. The summed E-state index contributed by atoms with van der Waals surface area (Å²) in [5.74, 6) is 5.74. The Kier molecular flexibility index (Phi) is 3.18. The third-order valence-electron chi connectivity index (χ3n) is 6.04. The summed E-state index contributed by atoms with van der Waals surface area (Å²) in [4.78, 5) is 4.16. The van der Waals surface area contributed by atoms with Gasteiger partial charge in [-0.25, -0.2) is 4.98 Å². The van der Waals surface area contributed by atoms with Crippen molar-refractivity contribution in [2.24, 2.45) is 29.6 Å². The minimum absolute atomic E-state index is 0.671. The Labute approximate surface area is 121 Å². The summed E-state index contributed by atoms with van der Waals surface area (Å²) in [5.41, 5.74) is 7.04. The van der Waals surface area contributed by atoms with Crippen LogP contribution in [0.4, 0.5) is 5.82 Å². The minimum atomic E-state index is 0.671. The molecule has 4 aliphatic carbocycles. The quantitative estimate of drug-likeness (QED) is 0.885. The Hall–Kier alpha value is -1.09. The fourth-order valence-electron chi connectivity index (χ4n) is 5.35. The first-order valence-corrected chi connectivity index (χ1v) is 8.19. The number of hydrogen-bond acceptors (Lipinski definition) is 3. The lowest BCUT2D eigenvalue weighted by Gasteiger charge is -2.54. The molecule has 0 amide bonds. The van der Waals surface area contributed by atoms with Gasteiger partial charge >= 0.3 is 0 Å². The van der Waals surface area contributed by atoms with Gasteiger partial charge in [0.15, 0.2) is 0 Å². The molecule has 5 rings (SSSR count). The van der Waals surface area contributed by atoms with Gasteiger partial charge in [-0.15, -0.1) is 0 Å². The number of hydrogen-bond donors (Lipinski definition) is 2. The number of aromatic nitrogens is 1. The molecule has 20 heavy (non-hydrogen) atoms. The monoisotopic (exact) mass is 271 g/mol. The maximum absolute atomic E-state index is 5.90. The summed E-state index contributed by atoms with van der Waals surface area (Å²) in [6, 6.07) is 4.04. The normalized spacial score (nSPS) is 38.3. The van der Waals surface area contributed by atoms with Crippen molar-refractivity contribution >= 4 is 5.82 Å². The van der Waals surface area contributed by atoms with Crippen LogP contribution in [0, 0.1) is 29.6 Å². The van der Waals surface area contributed by atoms with E-state index in [2.05, 4.69) is 16.4 Å². The van der Waals surface area contributed by atoms with Crippen molar-refractivity contribution in [1.82, 2.24) is 10.3 Å². The summed E-state index contributed by atoms with van der Waals surface area (Å²) in [5, 5.41) is 3.65. The molecule has 4 fully saturated rings. The SMILES string of the molecule is Nc1ncccc1CNCC1C2CC3CC(C2)CC1C3. The van der Waals surface area contributed by atoms with E-state index >= 15 is 0 Å². The van der Waals surface area contributed by atoms with E-state index in [-0.39, 0.29) is 0 Å². The van der Waals surface area contributed by atoms with Crippen LogP contribution in [0.15, 0.2) is 18.3 Å². The molecule has 0 radical (unpaired) electrons. The van der Waals surface area contributed by atoms with Crippen molar-refractivity contribution in [2.45, 2.75) is 38.6 Å². The summed E-state index contributed by atoms with van der Waals surface area (Å²) in [6.07, 6.45) is 9.33. The lowest BCUT2D eigenvalue weighted by atomic mass is 9.52.